The SMILES string of the molecule is Cc1c(NN)nc(C2CC2)nc1N(C)Cc1ccco1. The first kappa shape index (κ1) is 12.9. The van der Waals surface area contributed by atoms with Crippen molar-refractivity contribution in [1.82, 2.24) is 9.97 Å². The summed E-state index contributed by atoms with van der Waals surface area (Å²) < 4.78 is 5.39. The Morgan fingerprint density at radius 2 is 2.25 bits per heavy atom. The summed E-state index contributed by atoms with van der Waals surface area (Å²) in [5, 5.41) is 0. The first-order valence-electron chi connectivity index (χ1n) is 6.77. The van der Waals surface area contributed by atoms with E-state index in [0.717, 1.165) is 35.8 Å². The number of nitrogens with one attached hydrogen (secondary N) is 1. The average Bonchev–Trinajstić information content (AvgIpc) is 3.17. The van der Waals surface area contributed by atoms with Gasteiger partial charge in [0.15, 0.2) is 0 Å². The van der Waals surface area contributed by atoms with Crippen LogP contribution in [0.1, 0.15) is 35.9 Å². The lowest BCUT2D eigenvalue weighted by Crippen LogP contribution is -2.21. The lowest BCUT2D eigenvalue weighted by Gasteiger charge is -2.21. The molecule has 3 rings (SSSR count). The molecule has 0 saturated heterocycles. The molecule has 0 aliphatic heterocycles. The predicted octanol–water partition coefficient (Wildman–Crippen LogP) is 2.18. The third-order valence-electron chi connectivity index (χ3n) is 3.55. The van der Waals surface area contributed by atoms with Gasteiger partial charge < -0.3 is 14.7 Å². The van der Waals surface area contributed by atoms with Crippen LogP contribution in [0.3, 0.4) is 0 Å². The normalized spacial score (nSPS) is 14.3. The molecule has 0 spiro atoms. The lowest BCUT2D eigenvalue weighted by atomic mass is 10.2. The van der Waals surface area contributed by atoms with Crippen molar-refractivity contribution >= 4 is 11.6 Å². The predicted molar refractivity (Wildman–Crippen MR) is 77.4 cm³/mol. The highest BCUT2D eigenvalue weighted by Crippen LogP contribution is 2.39. The zero-order chi connectivity index (χ0) is 14.1. The molecule has 2 heterocycles. The number of hydrazine groups is 1. The van der Waals surface area contributed by atoms with Gasteiger partial charge in [-0.05, 0) is 31.9 Å². The molecule has 106 valence electrons. The summed E-state index contributed by atoms with van der Waals surface area (Å²) >= 11 is 0. The number of aromatic nitrogens is 2. The van der Waals surface area contributed by atoms with E-state index in [0.29, 0.717) is 18.3 Å². The fourth-order valence-electron chi connectivity index (χ4n) is 2.27. The number of anilines is 2. The summed E-state index contributed by atoms with van der Waals surface area (Å²) in [5.41, 5.74) is 3.62. The van der Waals surface area contributed by atoms with Crippen molar-refractivity contribution in [1.29, 1.82) is 0 Å². The second-order valence-electron chi connectivity index (χ2n) is 5.23. The van der Waals surface area contributed by atoms with Crippen molar-refractivity contribution < 1.29 is 4.42 Å². The van der Waals surface area contributed by atoms with Crippen molar-refractivity contribution in [3.05, 3.63) is 35.5 Å². The molecule has 3 N–H and O–H groups in total. The van der Waals surface area contributed by atoms with E-state index in [-0.39, 0.29) is 0 Å². The second kappa shape index (κ2) is 5.13. The molecule has 20 heavy (non-hydrogen) atoms. The van der Waals surface area contributed by atoms with Gasteiger partial charge in [-0.2, -0.15) is 0 Å². The number of hydrogen-bond donors (Lipinski definition) is 2. The van der Waals surface area contributed by atoms with Crippen molar-refractivity contribution in [3.63, 3.8) is 0 Å². The molecule has 2 aromatic heterocycles. The van der Waals surface area contributed by atoms with Gasteiger partial charge in [0.1, 0.15) is 23.2 Å². The van der Waals surface area contributed by atoms with Gasteiger partial charge in [-0.15, -0.1) is 0 Å². The number of furan rings is 1. The van der Waals surface area contributed by atoms with E-state index in [1.807, 2.05) is 26.1 Å². The zero-order valence-electron chi connectivity index (χ0n) is 11.8. The largest absolute Gasteiger partial charge is 0.467 e. The van der Waals surface area contributed by atoms with Crippen LogP contribution < -0.4 is 16.2 Å². The van der Waals surface area contributed by atoms with E-state index in [1.165, 1.54) is 0 Å². The van der Waals surface area contributed by atoms with Crippen molar-refractivity contribution in [2.45, 2.75) is 32.2 Å². The number of hydrogen-bond acceptors (Lipinski definition) is 6. The molecule has 1 aliphatic carbocycles. The topological polar surface area (TPSA) is 80.2 Å². The summed E-state index contributed by atoms with van der Waals surface area (Å²) in [6.45, 7) is 2.64. The smallest absolute Gasteiger partial charge is 0.148 e. The Balaban J connectivity index is 1.92. The summed E-state index contributed by atoms with van der Waals surface area (Å²) in [4.78, 5) is 11.3. The molecule has 6 heteroatoms. The molecule has 0 amide bonds. The highest BCUT2D eigenvalue weighted by molar-refractivity contribution is 5.58. The van der Waals surface area contributed by atoms with Crippen LogP contribution in [0, 0.1) is 6.92 Å². The van der Waals surface area contributed by atoms with Gasteiger partial charge in [-0.25, -0.2) is 15.8 Å². The minimum atomic E-state index is 0.485. The maximum atomic E-state index is 5.57. The number of rotatable bonds is 5. The Morgan fingerprint density at radius 3 is 2.85 bits per heavy atom. The van der Waals surface area contributed by atoms with Gasteiger partial charge in [-0.1, -0.05) is 0 Å². The Hall–Kier alpha value is -2.08. The molecule has 0 bridgehead atoms. The fraction of sp³-hybridized carbons (Fsp3) is 0.429. The van der Waals surface area contributed by atoms with Crippen LogP contribution in [0.5, 0.6) is 0 Å². The third kappa shape index (κ3) is 2.46. The van der Waals surface area contributed by atoms with Crippen LogP contribution in [0.15, 0.2) is 22.8 Å². The highest BCUT2D eigenvalue weighted by Gasteiger charge is 2.28. The Kier molecular flexibility index (Phi) is 3.31. The van der Waals surface area contributed by atoms with Crippen LogP contribution in [0.4, 0.5) is 11.6 Å². The van der Waals surface area contributed by atoms with E-state index in [1.54, 1.807) is 6.26 Å². The standard InChI is InChI=1S/C14H19N5O/c1-9-12(18-15)16-13(10-5-6-10)17-14(9)19(2)8-11-4-3-7-20-11/h3-4,7,10H,5-6,8,15H2,1-2H3,(H,16,17,18). The second-order valence-corrected chi connectivity index (χ2v) is 5.23. The van der Waals surface area contributed by atoms with E-state index in [9.17, 15) is 0 Å². The Morgan fingerprint density at radius 1 is 1.45 bits per heavy atom. The van der Waals surface area contributed by atoms with Crippen molar-refractivity contribution in [2.75, 3.05) is 17.4 Å². The Labute approximate surface area is 118 Å². The zero-order valence-corrected chi connectivity index (χ0v) is 11.8. The van der Waals surface area contributed by atoms with Gasteiger partial charge in [0.05, 0.1) is 12.8 Å². The van der Waals surface area contributed by atoms with Crippen LogP contribution in [-0.2, 0) is 6.54 Å². The fourth-order valence-corrected chi connectivity index (χ4v) is 2.27. The molecule has 0 atom stereocenters. The third-order valence-corrected chi connectivity index (χ3v) is 3.55. The molecule has 2 aromatic rings. The number of nitrogen functional groups attached to an aromatic ring is 1. The summed E-state index contributed by atoms with van der Waals surface area (Å²) in [7, 11) is 1.99. The van der Waals surface area contributed by atoms with Crippen molar-refractivity contribution in [2.24, 2.45) is 5.84 Å². The number of nitrogens with zero attached hydrogens (tertiary/aromatic N) is 3. The highest BCUT2D eigenvalue weighted by atomic mass is 16.3. The van der Waals surface area contributed by atoms with E-state index in [2.05, 4.69) is 15.3 Å². The summed E-state index contributed by atoms with van der Waals surface area (Å²) in [6, 6.07) is 3.84. The molecule has 0 aromatic carbocycles. The monoisotopic (exact) mass is 273 g/mol. The van der Waals surface area contributed by atoms with E-state index >= 15 is 0 Å². The molecule has 1 fully saturated rings. The lowest BCUT2D eigenvalue weighted by molar-refractivity contribution is 0.506. The minimum absolute atomic E-state index is 0.485. The van der Waals surface area contributed by atoms with Gasteiger partial charge in [0.2, 0.25) is 0 Å². The maximum absolute atomic E-state index is 5.57. The molecule has 1 saturated carbocycles. The van der Waals surface area contributed by atoms with Gasteiger partial charge in [-0.3, -0.25) is 0 Å². The van der Waals surface area contributed by atoms with Crippen LogP contribution >= 0.6 is 0 Å². The molecule has 1 aliphatic rings. The van der Waals surface area contributed by atoms with Crippen LogP contribution in [0.2, 0.25) is 0 Å². The summed E-state index contributed by atoms with van der Waals surface area (Å²) in [5.74, 6) is 9.43. The first-order chi connectivity index (χ1) is 9.69. The van der Waals surface area contributed by atoms with Gasteiger partial charge in [0.25, 0.3) is 0 Å². The molecule has 0 radical (unpaired) electrons. The molecule has 6 nitrogen and oxygen atoms in total. The van der Waals surface area contributed by atoms with E-state index in [4.69, 9.17) is 15.2 Å². The first-order valence-corrected chi connectivity index (χ1v) is 6.77. The molecule has 0 unspecified atom stereocenters. The number of nitrogens with two attached hydrogens (primary N) is 1. The Bertz CT molecular complexity index is 592. The van der Waals surface area contributed by atoms with Gasteiger partial charge in [0, 0.05) is 18.5 Å². The quantitative estimate of drug-likeness (QED) is 0.642. The molecular weight excluding hydrogens is 254 g/mol. The average molecular weight is 273 g/mol. The van der Waals surface area contributed by atoms with Gasteiger partial charge >= 0.3 is 0 Å². The van der Waals surface area contributed by atoms with Crippen molar-refractivity contribution in [3.8, 4) is 0 Å². The minimum Gasteiger partial charge on any atom is -0.467 e. The van der Waals surface area contributed by atoms with Crippen LogP contribution in [0.25, 0.3) is 0 Å². The van der Waals surface area contributed by atoms with E-state index < -0.39 is 0 Å². The summed E-state index contributed by atoms with van der Waals surface area (Å²) in [6.07, 6.45) is 4.00. The molecular formula is C14H19N5O. The maximum Gasteiger partial charge on any atom is 0.148 e. The van der Waals surface area contributed by atoms with Crippen LogP contribution in [-0.4, -0.2) is 17.0 Å².